The second-order valence-electron chi connectivity index (χ2n) is 3.63. The number of nitrogens with zero attached hydrogens (tertiary/aromatic N) is 1. The molecule has 16 heavy (non-hydrogen) atoms. The van der Waals surface area contributed by atoms with E-state index in [0.29, 0.717) is 11.8 Å². The lowest BCUT2D eigenvalue weighted by Crippen LogP contribution is -2.21. The van der Waals surface area contributed by atoms with E-state index in [9.17, 15) is 4.79 Å². The summed E-state index contributed by atoms with van der Waals surface area (Å²) in [7, 11) is 0. The first-order valence-electron chi connectivity index (χ1n) is 5.31. The first kappa shape index (κ1) is 11.2. The number of benzene rings is 1. The van der Waals surface area contributed by atoms with Crippen LogP contribution in [0.2, 0.25) is 0 Å². The molecule has 0 aliphatic carbocycles. The fraction of sp³-hybridized carbons (Fsp3) is 0.417. The van der Waals surface area contributed by atoms with Crippen LogP contribution in [0.25, 0.3) is 0 Å². The lowest BCUT2D eigenvalue weighted by atomic mass is 10.2. The van der Waals surface area contributed by atoms with E-state index in [-0.39, 0.29) is 0 Å². The number of hydrogen-bond acceptors (Lipinski definition) is 4. The van der Waals surface area contributed by atoms with Crippen LogP contribution in [0.15, 0.2) is 29.3 Å². The second-order valence-corrected chi connectivity index (χ2v) is 4.85. The maximum atomic E-state index is 10.1. The molecule has 0 spiro atoms. The Morgan fingerprint density at radius 1 is 1.38 bits per heavy atom. The molecule has 84 valence electrons. The number of aliphatic imine (C=N–C) groups is 1. The van der Waals surface area contributed by atoms with Gasteiger partial charge in [0, 0.05) is 6.07 Å². The van der Waals surface area contributed by atoms with Crippen LogP contribution in [0.1, 0.15) is 12.8 Å². The van der Waals surface area contributed by atoms with Crippen molar-refractivity contribution in [3.05, 3.63) is 24.3 Å². The lowest BCUT2D eigenvalue weighted by molar-refractivity contribution is 0.192. The largest absolute Gasteiger partial charge is 0.490 e. The highest BCUT2D eigenvalue weighted by Crippen LogP contribution is 2.25. The average molecular weight is 235 g/mol. The molecule has 0 bridgehead atoms. The van der Waals surface area contributed by atoms with Crippen molar-refractivity contribution in [3.8, 4) is 5.75 Å². The van der Waals surface area contributed by atoms with Gasteiger partial charge in [0.1, 0.15) is 11.9 Å². The van der Waals surface area contributed by atoms with Gasteiger partial charge in [-0.3, -0.25) is 0 Å². The quantitative estimate of drug-likeness (QED) is 0.597. The van der Waals surface area contributed by atoms with Crippen LogP contribution >= 0.6 is 11.8 Å². The molecule has 1 aromatic rings. The number of ether oxygens (including phenoxy) is 1. The van der Waals surface area contributed by atoms with E-state index in [1.54, 1.807) is 12.1 Å². The third kappa shape index (κ3) is 3.12. The molecule has 0 atom stereocenters. The minimum Gasteiger partial charge on any atom is -0.490 e. The highest BCUT2D eigenvalue weighted by atomic mass is 32.2. The second kappa shape index (κ2) is 5.73. The smallest absolute Gasteiger partial charge is 0.240 e. The summed E-state index contributed by atoms with van der Waals surface area (Å²) in [5, 5.41) is 0. The minimum absolute atomic E-state index is 0.303. The zero-order valence-corrected chi connectivity index (χ0v) is 9.70. The van der Waals surface area contributed by atoms with Crippen molar-refractivity contribution < 1.29 is 9.53 Å². The Morgan fingerprint density at radius 2 is 2.19 bits per heavy atom. The molecular formula is C12H13NO2S. The van der Waals surface area contributed by atoms with Crippen molar-refractivity contribution in [3.63, 3.8) is 0 Å². The lowest BCUT2D eigenvalue weighted by Gasteiger charge is -2.22. The minimum atomic E-state index is 0.303. The van der Waals surface area contributed by atoms with E-state index in [2.05, 4.69) is 4.99 Å². The molecule has 0 unspecified atom stereocenters. The predicted octanol–water partition coefficient (Wildman–Crippen LogP) is 2.93. The summed E-state index contributed by atoms with van der Waals surface area (Å²) < 4.78 is 5.84. The molecule has 2 rings (SSSR count). The molecule has 1 aliphatic heterocycles. The van der Waals surface area contributed by atoms with Gasteiger partial charge in [-0.2, -0.15) is 16.8 Å². The fourth-order valence-electron chi connectivity index (χ4n) is 1.67. The highest BCUT2D eigenvalue weighted by Gasteiger charge is 2.14. The average Bonchev–Trinajstić information content (AvgIpc) is 2.31. The van der Waals surface area contributed by atoms with Crippen molar-refractivity contribution in [1.29, 1.82) is 0 Å². The van der Waals surface area contributed by atoms with Gasteiger partial charge in [0.05, 0.1) is 5.69 Å². The van der Waals surface area contributed by atoms with E-state index in [4.69, 9.17) is 4.74 Å². The van der Waals surface area contributed by atoms with Gasteiger partial charge in [-0.25, -0.2) is 4.79 Å². The van der Waals surface area contributed by atoms with E-state index in [0.717, 1.165) is 30.1 Å². The van der Waals surface area contributed by atoms with Gasteiger partial charge >= 0.3 is 0 Å². The van der Waals surface area contributed by atoms with Crippen molar-refractivity contribution in [1.82, 2.24) is 0 Å². The molecule has 4 heteroatoms. The molecule has 0 saturated carbocycles. The summed E-state index contributed by atoms with van der Waals surface area (Å²) in [4.78, 5) is 13.7. The zero-order valence-electron chi connectivity index (χ0n) is 8.89. The third-order valence-corrected chi connectivity index (χ3v) is 3.51. The van der Waals surface area contributed by atoms with Gasteiger partial charge < -0.3 is 4.74 Å². The molecule has 1 aromatic carbocycles. The normalized spacial score (nSPS) is 16.5. The van der Waals surface area contributed by atoms with Crippen LogP contribution in [0.3, 0.4) is 0 Å². The van der Waals surface area contributed by atoms with Gasteiger partial charge in [0.15, 0.2) is 0 Å². The highest BCUT2D eigenvalue weighted by molar-refractivity contribution is 7.99. The van der Waals surface area contributed by atoms with Gasteiger partial charge in [-0.1, -0.05) is 6.07 Å². The Labute approximate surface area is 98.9 Å². The Kier molecular flexibility index (Phi) is 4.03. The van der Waals surface area contributed by atoms with E-state index >= 15 is 0 Å². The van der Waals surface area contributed by atoms with Crippen LogP contribution < -0.4 is 4.74 Å². The zero-order chi connectivity index (χ0) is 11.2. The number of rotatable bonds is 3. The molecule has 1 heterocycles. The standard InChI is InChI=1S/C12H13NO2S/c14-9-13-10-2-1-3-12(8-10)15-11-4-6-16-7-5-11/h1-3,8,11H,4-7H2. The molecule has 1 saturated heterocycles. The van der Waals surface area contributed by atoms with E-state index in [1.807, 2.05) is 23.9 Å². The van der Waals surface area contributed by atoms with Crippen LogP contribution in [-0.4, -0.2) is 23.7 Å². The van der Waals surface area contributed by atoms with Crippen LogP contribution in [-0.2, 0) is 4.79 Å². The van der Waals surface area contributed by atoms with Crippen LogP contribution in [0.4, 0.5) is 5.69 Å². The monoisotopic (exact) mass is 235 g/mol. The van der Waals surface area contributed by atoms with E-state index in [1.165, 1.54) is 6.08 Å². The van der Waals surface area contributed by atoms with Gasteiger partial charge in [-0.05, 0) is 36.5 Å². The Morgan fingerprint density at radius 3 is 2.94 bits per heavy atom. The maximum Gasteiger partial charge on any atom is 0.240 e. The number of carbonyl (C=O) groups excluding carboxylic acids is 1. The van der Waals surface area contributed by atoms with Gasteiger partial charge in [-0.15, -0.1) is 0 Å². The van der Waals surface area contributed by atoms with Gasteiger partial charge in [0.25, 0.3) is 0 Å². The summed E-state index contributed by atoms with van der Waals surface area (Å²) in [5.41, 5.74) is 0.595. The van der Waals surface area contributed by atoms with Crippen molar-refractivity contribution in [2.45, 2.75) is 18.9 Å². The Balaban J connectivity index is 2.02. The first-order valence-corrected chi connectivity index (χ1v) is 6.46. The molecule has 0 amide bonds. The van der Waals surface area contributed by atoms with E-state index < -0.39 is 0 Å². The first-order chi connectivity index (χ1) is 7.88. The number of isocyanates is 1. The predicted molar refractivity (Wildman–Crippen MR) is 65.2 cm³/mol. The van der Waals surface area contributed by atoms with Crippen molar-refractivity contribution in [2.75, 3.05) is 11.5 Å². The summed E-state index contributed by atoms with van der Waals surface area (Å²) in [6.45, 7) is 0. The summed E-state index contributed by atoms with van der Waals surface area (Å²) in [6.07, 6.45) is 4.01. The molecular weight excluding hydrogens is 222 g/mol. The molecule has 0 radical (unpaired) electrons. The number of hydrogen-bond donors (Lipinski definition) is 0. The van der Waals surface area contributed by atoms with Gasteiger partial charge in [0.2, 0.25) is 6.08 Å². The summed E-state index contributed by atoms with van der Waals surface area (Å²) in [5.74, 6) is 3.11. The fourth-order valence-corrected chi connectivity index (χ4v) is 2.73. The van der Waals surface area contributed by atoms with Crippen molar-refractivity contribution >= 4 is 23.5 Å². The summed E-state index contributed by atoms with van der Waals surface area (Å²) in [6, 6.07) is 7.26. The molecule has 3 nitrogen and oxygen atoms in total. The Bertz CT molecular complexity index is 396. The molecule has 0 N–H and O–H groups in total. The van der Waals surface area contributed by atoms with Crippen LogP contribution in [0, 0.1) is 0 Å². The van der Waals surface area contributed by atoms with Crippen molar-refractivity contribution in [2.24, 2.45) is 4.99 Å². The topological polar surface area (TPSA) is 38.7 Å². The maximum absolute atomic E-state index is 10.1. The van der Waals surface area contributed by atoms with Crippen LogP contribution in [0.5, 0.6) is 5.75 Å². The number of thioether (sulfide) groups is 1. The molecule has 0 aromatic heterocycles. The SMILES string of the molecule is O=C=Nc1cccc(OC2CCSCC2)c1. The molecule has 1 aliphatic rings. The Hall–Kier alpha value is -1.25. The third-order valence-electron chi connectivity index (χ3n) is 2.46. The molecule has 1 fully saturated rings. The summed E-state index contributed by atoms with van der Waals surface area (Å²) >= 11 is 1.97.